The highest BCUT2D eigenvalue weighted by atomic mass is 16.7. The van der Waals surface area contributed by atoms with E-state index in [0.717, 1.165) is 25.0 Å². The summed E-state index contributed by atoms with van der Waals surface area (Å²) < 4.78 is 17.9. The van der Waals surface area contributed by atoms with E-state index in [1.165, 1.54) is 29.5 Å². The van der Waals surface area contributed by atoms with Crippen molar-refractivity contribution in [2.45, 2.75) is 77.1 Å². The lowest BCUT2D eigenvalue weighted by Crippen LogP contribution is -2.24. The minimum atomic E-state index is -0.267. The van der Waals surface area contributed by atoms with Gasteiger partial charge in [0, 0.05) is 0 Å². The summed E-state index contributed by atoms with van der Waals surface area (Å²) in [4.78, 5) is 0. The van der Waals surface area contributed by atoms with Crippen LogP contribution in [-0.2, 0) is 15.9 Å². The minimum absolute atomic E-state index is 0.267. The molecule has 2 aliphatic rings. The van der Waals surface area contributed by atoms with E-state index >= 15 is 0 Å². The Morgan fingerprint density at radius 3 is 2.47 bits per heavy atom. The van der Waals surface area contributed by atoms with Gasteiger partial charge in [0.05, 0.1) is 19.3 Å². The molecule has 2 aliphatic carbocycles. The first-order valence-electron chi connectivity index (χ1n) is 11.7. The van der Waals surface area contributed by atoms with Gasteiger partial charge in [-0.15, -0.1) is 0 Å². The highest BCUT2D eigenvalue weighted by Gasteiger charge is 2.26. The molecule has 1 saturated carbocycles. The van der Waals surface area contributed by atoms with Crippen LogP contribution in [0, 0.1) is 5.92 Å². The average Bonchev–Trinajstić information content (AvgIpc) is 3.05. The van der Waals surface area contributed by atoms with E-state index in [4.69, 9.17) is 14.2 Å². The number of ether oxygens (including phenoxy) is 3. The topological polar surface area (TPSA) is 27.7 Å². The first-order valence-corrected chi connectivity index (χ1v) is 11.7. The van der Waals surface area contributed by atoms with E-state index in [1.54, 1.807) is 0 Å². The molecule has 0 aliphatic heterocycles. The molecule has 0 bridgehead atoms. The molecule has 2 aromatic rings. The lowest BCUT2D eigenvalue weighted by molar-refractivity contribution is -0.0944. The molecular weight excluding hydrogens is 372 g/mol. The van der Waals surface area contributed by atoms with Crippen molar-refractivity contribution < 1.29 is 14.2 Å². The van der Waals surface area contributed by atoms with Gasteiger partial charge in [-0.1, -0.05) is 50.2 Å². The number of hydrogen-bond donors (Lipinski definition) is 0. The van der Waals surface area contributed by atoms with Gasteiger partial charge in [0.2, 0.25) is 0 Å². The third-order valence-corrected chi connectivity index (χ3v) is 7.04. The maximum Gasteiger partial charge on any atom is 0.197 e. The molecule has 0 amide bonds. The van der Waals surface area contributed by atoms with Crippen LogP contribution in [0.25, 0.3) is 0 Å². The Morgan fingerprint density at radius 1 is 0.933 bits per heavy atom. The summed E-state index contributed by atoms with van der Waals surface area (Å²) in [5, 5.41) is 0. The Balaban J connectivity index is 1.13. The molecule has 2 aromatic carbocycles. The van der Waals surface area contributed by atoms with Crippen molar-refractivity contribution in [3.63, 3.8) is 0 Å². The highest BCUT2D eigenvalue weighted by Crippen LogP contribution is 2.39. The van der Waals surface area contributed by atoms with Gasteiger partial charge in [-0.05, 0) is 85.6 Å². The standard InChI is InChI=1S/C27H36O3/c1-19-17-24-18-26(13-14-27(24)20(19)2)30-21(3)28-15-16-29-25-11-9-23(10-12-25)22-7-5-4-6-8-22/h4-8,13-14,18-21,23,25H,9-12,15-17H2,1-3H3. The molecule has 30 heavy (non-hydrogen) atoms. The van der Waals surface area contributed by atoms with E-state index in [2.05, 4.69) is 62.4 Å². The van der Waals surface area contributed by atoms with E-state index in [1.807, 2.05) is 6.92 Å². The van der Waals surface area contributed by atoms with Gasteiger partial charge in [0.25, 0.3) is 0 Å². The second-order valence-corrected chi connectivity index (χ2v) is 9.14. The molecule has 0 heterocycles. The number of hydrogen-bond acceptors (Lipinski definition) is 3. The van der Waals surface area contributed by atoms with E-state index in [-0.39, 0.29) is 6.29 Å². The monoisotopic (exact) mass is 408 g/mol. The van der Waals surface area contributed by atoms with Crippen molar-refractivity contribution in [3.05, 3.63) is 65.2 Å². The van der Waals surface area contributed by atoms with Crippen LogP contribution in [0.3, 0.4) is 0 Å². The first-order chi connectivity index (χ1) is 14.6. The summed E-state index contributed by atoms with van der Waals surface area (Å²) in [6.45, 7) is 7.80. The van der Waals surface area contributed by atoms with Crippen molar-refractivity contribution in [1.29, 1.82) is 0 Å². The Morgan fingerprint density at radius 2 is 1.70 bits per heavy atom. The predicted octanol–water partition coefficient (Wildman–Crippen LogP) is 6.47. The SMILES string of the molecule is CC(OCCOC1CCC(c2ccccc2)CC1)Oc1ccc2c(c1)CC(C)C2C. The summed E-state index contributed by atoms with van der Waals surface area (Å²) in [6, 6.07) is 17.4. The molecule has 0 radical (unpaired) electrons. The van der Waals surface area contributed by atoms with Crippen molar-refractivity contribution in [3.8, 4) is 5.75 Å². The fourth-order valence-corrected chi connectivity index (χ4v) is 5.05. The fourth-order valence-electron chi connectivity index (χ4n) is 5.05. The molecule has 3 atom stereocenters. The van der Waals surface area contributed by atoms with Crippen molar-refractivity contribution >= 4 is 0 Å². The Hall–Kier alpha value is -1.84. The molecule has 3 nitrogen and oxygen atoms in total. The van der Waals surface area contributed by atoms with Crippen LogP contribution in [0.4, 0.5) is 0 Å². The van der Waals surface area contributed by atoms with Gasteiger partial charge >= 0.3 is 0 Å². The second kappa shape index (κ2) is 9.98. The summed E-state index contributed by atoms with van der Waals surface area (Å²) in [5.41, 5.74) is 4.37. The van der Waals surface area contributed by atoms with Crippen LogP contribution >= 0.6 is 0 Å². The third kappa shape index (κ3) is 5.25. The Labute approximate surface area is 181 Å². The van der Waals surface area contributed by atoms with Gasteiger partial charge < -0.3 is 14.2 Å². The molecule has 4 rings (SSSR count). The molecule has 3 unspecified atom stereocenters. The van der Waals surface area contributed by atoms with E-state index < -0.39 is 0 Å². The summed E-state index contributed by atoms with van der Waals surface area (Å²) >= 11 is 0. The van der Waals surface area contributed by atoms with E-state index in [9.17, 15) is 0 Å². The third-order valence-electron chi connectivity index (χ3n) is 7.04. The normalized spacial score (nSPS) is 26.9. The molecule has 0 saturated heterocycles. The molecule has 162 valence electrons. The van der Waals surface area contributed by atoms with Gasteiger partial charge in [0.15, 0.2) is 6.29 Å². The molecule has 0 spiro atoms. The first kappa shape index (κ1) is 21.4. The smallest absolute Gasteiger partial charge is 0.197 e. The van der Waals surface area contributed by atoms with Crippen LogP contribution in [0.15, 0.2) is 48.5 Å². The van der Waals surface area contributed by atoms with Gasteiger partial charge in [-0.25, -0.2) is 0 Å². The summed E-state index contributed by atoms with van der Waals surface area (Å²) in [7, 11) is 0. The predicted molar refractivity (Wildman–Crippen MR) is 121 cm³/mol. The zero-order chi connectivity index (χ0) is 20.9. The summed E-state index contributed by atoms with van der Waals surface area (Å²) in [6.07, 6.45) is 5.94. The molecule has 0 N–H and O–H groups in total. The molecule has 3 heteroatoms. The Kier molecular flexibility index (Phi) is 7.12. The number of benzene rings is 2. The highest BCUT2D eigenvalue weighted by molar-refractivity contribution is 5.41. The maximum atomic E-state index is 6.07. The number of fused-ring (bicyclic) bond motifs is 1. The van der Waals surface area contributed by atoms with Crippen LogP contribution in [0.2, 0.25) is 0 Å². The molecule has 1 fully saturated rings. The van der Waals surface area contributed by atoms with Gasteiger partial charge in [-0.3, -0.25) is 0 Å². The largest absolute Gasteiger partial charge is 0.465 e. The van der Waals surface area contributed by atoms with Gasteiger partial charge in [0.1, 0.15) is 5.75 Å². The van der Waals surface area contributed by atoms with Crippen LogP contribution in [0.1, 0.15) is 75.0 Å². The molecular formula is C27H36O3. The van der Waals surface area contributed by atoms with Crippen LogP contribution in [0.5, 0.6) is 5.75 Å². The summed E-state index contributed by atoms with van der Waals surface area (Å²) in [5.74, 6) is 2.95. The van der Waals surface area contributed by atoms with Crippen molar-refractivity contribution in [1.82, 2.24) is 0 Å². The van der Waals surface area contributed by atoms with Crippen LogP contribution < -0.4 is 4.74 Å². The zero-order valence-corrected chi connectivity index (χ0v) is 18.7. The van der Waals surface area contributed by atoms with E-state index in [0.29, 0.717) is 37.1 Å². The lowest BCUT2D eigenvalue weighted by Gasteiger charge is -2.29. The minimum Gasteiger partial charge on any atom is -0.465 e. The van der Waals surface area contributed by atoms with Crippen molar-refractivity contribution in [2.24, 2.45) is 5.92 Å². The lowest BCUT2D eigenvalue weighted by atomic mass is 9.83. The average molecular weight is 409 g/mol. The molecule has 0 aromatic heterocycles. The zero-order valence-electron chi connectivity index (χ0n) is 18.7. The fraction of sp³-hybridized carbons (Fsp3) is 0.556. The van der Waals surface area contributed by atoms with Crippen molar-refractivity contribution in [2.75, 3.05) is 13.2 Å². The second-order valence-electron chi connectivity index (χ2n) is 9.14. The van der Waals surface area contributed by atoms with Gasteiger partial charge in [-0.2, -0.15) is 0 Å². The quantitative estimate of drug-likeness (QED) is 0.370. The maximum absolute atomic E-state index is 6.07. The van der Waals surface area contributed by atoms with Crippen LogP contribution in [-0.4, -0.2) is 25.6 Å². The number of rotatable bonds is 8. The Bertz CT molecular complexity index is 795.